The lowest BCUT2D eigenvalue weighted by Gasteiger charge is -2.13. The number of para-hydroxylation sites is 1. The van der Waals surface area contributed by atoms with Gasteiger partial charge in [-0.2, -0.15) is 11.3 Å². The number of carbonyl (C=O) groups is 1. The quantitative estimate of drug-likeness (QED) is 0.797. The van der Waals surface area contributed by atoms with Crippen LogP contribution in [0.3, 0.4) is 0 Å². The van der Waals surface area contributed by atoms with Gasteiger partial charge in [0.25, 0.3) is 0 Å². The molecule has 2 aromatic heterocycles. The molecule has 2 heterocycles. The Morgan fingerprint density at radius 2 is 2.30 bits per heavy atom. The van der Waals surface area contributed by atoms with E-state index in [1.165, 1.54) is 5.56 Å². The number of imidazole rings is 1. The molecule has 0 saturated carbocycles. The molecule has 0 amide bonds. The average molecular weight is 286 g/mol. The van der Waals surface area contributed by atoms with E-state index >= 15 is 0 Å². The molecule has 5 heteroatoms. The molecule has 1 aromatic carbocycles. The molecule has 0 aliphatic carbocycles. The largest absolute Gasteiger partial charge is 0.478 e. The van der Waals surface area contributed by atoms with Gasteiger partial charge in [0.05, 0.1) is 17.4 Å². The number of thiophene rings is 1. The van der Waals surface area contributed by atoms with Crippen molar-refractivity contribution in [1.82, 2.24) is 9.55 Å². The standard InChI is InChI=1S/C15H14N2O2S/c1-10(7-11-5-6-20-8-11)17-9-16-14-12(15(18)19)3-2-4-13(14)17/h2-6,8-10H,7H2,1H3,(H,18,19). The molecule has 0 spiro atoms. The zero-order valence-electron chi connectivity index (χ0n) is 11.0. The van der Waals surface area contributed by atoms with Crippen molar-refractivity contribution in [1.29, 1.82) is 0 Å². The molecule has 0 bridgehead atoms. The Labute approximate surface area is 120 Å². The molecule has 0 radical (unpaired) electrons. The molecule has 3 aromatic rings. The predicted octanol–water partition coefficient (Wildman–Crippen LogP) is 3.60. The minimum absolute atomic E-state index is 0.235. The summed E-state index contributed by atoms with van der Waals surface area (Å²) in [5.74, 6) is -0.939. The van der Waals surface area contributed by atoms with E-state index in [0.717, 1.165) is 11.9 Å². The first kappa shape index (κ1) is 12.9. The lowest BCUT2D eigenvalue weighted by atomic mass is 10.1. The summed E-state index contributed by atoms with van der Waals surface area (Å²) in [6.45, 7) is 2.12. The molecule has 3 rings (SSSR count). The number of carboxylic acid groups (broad SMARTS) is 1. The number of hydrogen-bond acceptors (Lipinski definition) is 3. The van der Waals surface area contributed by atoms with E-state index in [1.54, 1.807) is 29.8 Å². The van der Waals surface area contributed by atoms with Gasteiger partial charge in [0, 0.05) is 6.04 Å². The van der Waals surface area contributed by atoms with Crippen molar-refractivity contribution in [2.45, 2.75) is 19.4 Å². The second-order valence-electron chi connectivity index (χ2n) is 4.82. The first-order valence-corrected chi connectivity index (χ1v) is 7.31. The minimum Gasteiger partial charge on any atom is -0.478 e. The Balaban J connectivity index is 2.00. The summed E-state index contributed by atoms with van der Waals surface area (Å²) in [5, 5.41) is 13.4. The second kappa shape index (κ2) is 5.09. The predicted molar refractivity (Wildman–Crippen MR) is 79.4 cm³/mol. The van der Waals surface area contributed by atoms with Crippen molar-refractivity contribution < 1.29 is 9.90 Å². The van der Waals surface area contributed by atoms with Gasteiger partial charge in [-0.15, -0.1) is 0 Å². The highest BCUT2D eigenvalue weighted by Gasteiger charge is 2.15. The van der Waals surface area contributed by atoms with Gasteiger partial charge >= 0.3 is 5.97 Å². The fourth-order valence-corrected chi connectivity index (χ4v) is 3.11. The first-order chi connectivity index (χ1) is 9.66. The molecule has 102 valence electrons. The van der Waals surface area contributed by atoms with Crippen LogP contribution in [0.2, 0.25) is 0 Å². The maximum atomic E-state index is 11.2. The van der Waals surface area contributed by atoms with E-state index in [0.29, 0.717) is 5.52 Å². The monoisotopic (exact) mass is 286 g/mol. The summed E-state index contributed by atoms with van der Waals surface area (Å²) < 4.78 is 2.04. The number of hydrogen-bond donors (Lipinski definition) is 1. The molecule has 0 fully saturated rings. The van der Waals surface area contributed by atoms with E-state index < -0.39 is 5.97 Å². The first-order valence-electron chi connectivity index (χ1n) is 6.36. The van der Waals surface area contributed by atoms with Crippen LogP contribution in [0.15, 0.2) is 41.4 Å². The minimum atomic E-state index is -0.939. The summed E-state index contributed by atoms with van der Waals surface area (Å²) in [7, 11) is 0. The molecule has 20 heavy (non-hydrogen) atoms. The van der Waals surface area contributed by atoms with E-state index in [1.807, 2.05) is 10.6 Å². The summed E-state index contributed by atoms with van der Waals surface area (Å²) in [6, 6.07) is 7.62. The van der Waals surface area contributed by atoms with Crippen LogP contribution in [0.5, 0.6) is 0 Å². The van der Waals surface area contributed by atoms with Crippen LogP contribution in [-0.4, -0.2) is 20.6 Å². The van der Waals surface area contributed by atoms with Gasteiger partial charge in [0.15, 0.2) is 0 Å². The van der Waals surface area contributed by atoms with Crippen molar-refractivity contribution >= 4 is 28.3 Å². The Hall–Kier alpha value is -2.14. The third-order valence-corrected chi connectivity index (χ3v) is 4.15. The zero-order chi connectivity index (χ0) is 14.1. The molecule has 0 saturated heterocycles. The number of aromatic carboxylic acids is 1. The fraction of sp³-hybridized carbons (Fsp3) is 0.200. The van der Waals surface area contributed by atoms with Crippen LogP contribution in [0, 0.1) is 0 Å². The molecule has 1 atom stereocenters. The van der Waals surface area contributed by atoms with Crippen molar-refractivity contribution in [2.75, 3.05) is 0 Å². The number of aromatic nitrogens is 2. The second-order valence-corrected chi connectivity index (χ2v) is 5.60. The van der Waals surface area contributed by atoms with Gasteiger partial charge in [-0.05, 0) is 47.9 Å². The Morgan fingerprint density at radius 1 is 1.45 bits per heavy atom. The normalized spacial score (nSPS) is 12.7. The van der Waals surface area contributed by atoms with E-state index in [4.69, 9.17) is 0 Å². The Morgan fingerprint density at radius 3 is 3.00 bits per heavy atom. The zero-order valence-corrected chi connectivity index (χ0v) is 11.8. The Bertz CT molecular complexity index is 746. The molecule has 4 nitrogen and oxygen atoms in total. The van der Waals surface area contributed by atoms with Crippen molar-refractivity contribution in [3.63, 3.8) is 0 Å². The third-order valence-electron chi connectivity index (χ3n) is 3.42. The summed E-state index contributed by atoms with van der Waals surface area (Å²) in [4.78, 5) is 15.5. The summed E-state index contributed by atoms with van der Waals surface area (Å²) >= 11 is 1.69. The highest BCUT2D eigenvalue weighted by atomic mass is 32.1. The lowest BCUT2D eigenvalue weighted by Crippen LogP contribution is -2.06. The highest BCUT2D eigenvalue weighted by molar-refractivity contribution is 7.07. The topological polar surface area (TPSA) is 55.1 Å². The van der Waals surface area contributed by atoms with E-state index in [-0.39, 0.29) is 11.6 Å². The third kappa shape index (κ3) is 2.20. The molecular weight excluding hydrogens is 272 g/mol. The number of rotatable bonds is 4. The molecule has 1 unspecified atom stereocenters. The van der Waals surface area contributed by atoms with E-state index in [9.17, 15) is 9.90 Å². The van der Waals surface area contributed by atoms with Crippen LogP contribution >= 0.6 is 11.3 Å². The smallest absolute Gasteiger partial charge is 0.337 e. The molecule has 0 aliphatic heterocycles. The van der Waals surface area contributed by atoms with Gasteiger partial charge in [-0.25, -0.2) is 9.78 Å². The van der Waals surface area contributed by atoms with Crippen molar-refractivity contribution in [2.24, 2.45) is 0 Å². The van der Waals surface area contributed by atoms with Gasteiger partial charge in [-0.3, -0.25) is 0 Å². The van der Waals surface area contributed by atoms with Crippen LogP contribution < -0.4 is 0 Å². The number of fused-ring (bicyclic) bond motifs is 1. The molecule has 1 N–H and O–H groups in total. The maximum absolute atomic E-state index is 11.2. The number of carboxylic acids is 1. The van der Waals surface area contributed by atoms with Crippen molar-refractivity contribution in [3.05, 3.63) is 52.5 Å². The summed E-state index contributed by atoms with van der Waals surface area (Å²) in [5.41, 5.74) is 2.97. The van der Waals surface area contributed by atoms with E-state index in [2.05, 4.69) is 28.7 Å². The Kier molecular flexibility index (Phi) is 3.28. The van der Waals surface area contributed by atoms with Crippen LogP contribution in [0.4, 0.5) is 0 Å². The fourth-order valence-electron chi connectivity index (χ4n) is 2.43. The number of nitrogens with zero attached hydrogens (tertiary/aromatic N) is 2. The molecule has 0 aliphatic rings. The van der Waals surface area contributed by atoms with Crippen molar-refractivity contribution in [3.8, 4) is 0 Å². The van der Waals surface area contributed by atoms with Crippen LogP contribution in [0.1, 0.15) is 28.9 Å². The molecular formula is C15H14N2O2S. The van der Waals surface area contributed by atoms with Gasteiger partial charge in [-0.1, -0.05) is 6.07 Å². The van der Waals surface area contributed by atoms with Crippen LogP contribution in [0.25, 0.3) is 11.0 Å². The van der Waals surface area contributed by atoms with Gasteiger partial charge in [0.1, 0.15) is 5.52 Å². The highest BCUT2D eigenvalue weighted by Crippen LogP contribution is 2.23. The number of benzene rings is 1. The summed E-state index contributed by atoms with van der Waals surface area (Å²) in [6.07, 6.45) is 2.64. The van der Waals surface area contributed by atoms with Gasteiger partial charge in [0.2, 0.25) is 0 Å². The average Bonchev–Trinajstić information content (AvgIpc) is 3.06. The van der Waals surface area contributed by atoms with Crippen LogP contribution in [-0.2, 0) is 6.42 Å². The van der Waals surface area contributed by atoms with Gasteiger partial charge < -0.3 is 9.67 Å². The maximum Gasteiger partial charge on any atom is 0.337 e. The SMILES string of the molecule is CC(Cc1ccsc1)n1cnc2c(C(=O)O)cccc21. The lowest BCUT2D eigenvalue weighted by molar-refractivity contribution is 0.0699.